The monoisotopic (exact) mass is 289 g/mol. The molecule has 2 rings (SSSR count). The second-order valence-electron chi connectivity index (χ2n) is 4.50. The van der Waals surface area contributed by atoms with Crippen LogP contribution in [0.15, 0.2) is 41.8 Å². The molecule has 4 heteroatoms. The van der Waals surface area contributed by atoms with Gasteiger partial charge in [-0.3, -0.25) is 10.1 Å². The van der Waals surface area contributed by atoms with Gasteiger partial charge in [0.2, 0.25) is 0 Å². The Labute approximate surface area is 123 Å². The largest absolute Gasteiger partial charge is 0.468 e. The van der Waals surface area contributed by atoms with Gasteiger partial charge in [-0.25, -0.2) is 0 Å². The highest BCUT2D eigenvalue weighted by Gasteiger charge is 2.16. The fourth-order valence-electron chi connectivity index (χ4n) is 2.04. The number of rotatable bonds is 6. The van der Waals surface area contributed by atoms with Crippen LogP contribution in [0.25, 0.3) is 0 Å². The molecule has 0 saturated carbocycles. The Kier molecular flexibility index (Phi) is 5.32. The number of aryl methyl sites for hydroxylation is 1. The lowest BCUT2D eigenvalue weighted by Gasteiger charge is -2.17. The fraction of sp³-hybridized carbons (Fsp3) is 0.312. The summed E-state index contributed by atoms with van der Waals surface area (Å²) in [5.41, 5.74) is 2.47. The van der Waals surface area contributed by atoms with E-state index >= 15 is 0 Å². The van der Waals surface area contributed by atoms with Crippen molar-refractivity contribution < 1.29 is 9.53 Å². The van der Waals surface area contributed by atoms with Crippen molar-refractivity contribution in [3.05, 3.63) is 57.8 Å². The molecule has 0 aliphatic heterocycles. The molecule has 0 aliphatic carbocycles. The van der Waals surface area contributed by atoms with Crippen molar-refractivity contribution in [1.29, 1.82) is 0 Å². The van der Waals surface area contributed by atoms with Gasteiger partial charge in [0.05, 0.1) is 19.7 Å². The number of methoxy groups -OCH3 is 1. The lowest BCUT2D eigenvalue weighted by molar-refractivity contribution is -0.139. The maximum Gasteiger partial charge on any atom is 0.319 e. The zero-order valence-electron chi connectivity index (χ0n) is 11.8. The summed E-state index contributed by atoms with van der Waals surface area (Å²) in [7, 11) is 1.40. The van der Waals surface area contributed by atoms with E-state index < -0.39 is 0 Å². The first kappa shape index (κ1) is 14.8. The van der Waals surface area contributed by atoms with Crippen LogP contribution >= 0.6 is 11.3 Å². The standard InChI is InChI=1S/C16H19NO2S/c1-3-12-6-8-13(9-7-12)16(14-5-4-10-20-14)17-11-15(18)19-2/h4-10,16-17H,3,11H2,1-2H3. The molecule has 20 heavy (non-hydrogen) atoms. The van der Waals surface area contributed by atoms with Crippen LogP contribution in [0.5, 0.6) is 0 Å². The Balaban J connectivity index is 2.19. The highest BCUT2D eigenvalue weighted by Crippen LogP contribution is 2.26. The van der Waals surface area contributed by atoms with Gasteiger partial charge in [0, 0.05) is 4.88 Å². The van der Waals surface area contributed by atoms with E-state index in [0.717, 1.165) is 12.0 Å². The van der Waals surface area contributed by atoms with Crippen LogP contribution in [0.4, 0.5) is 0 Å². The Morgan fingerprint density at radius 2 is 2.05 bits per heavy atom. The number of ether oxygens (including phenoxy) is 1. The normalized spacial score (nSPS) is 12.1. The van der Waals surface area contributed by atoms with Crippen LogP contribution in [0.1, 0.15) is 29.0 Å². The second-order valence-corrected chi connectivity index (χ2v) is 5.48. The van der Waals surface area contributed by atoms with Crippen LogP contribution in [0, 0.1) is 0 Å². The number of carbonyl (C=O) groups excluding carboxylic acids is 1. The van der Waals surface area contributed by atoms with Crippen molar-refractivity contribution in [1.82, 2.24) is 5.32 Å². The van der Waals surface area contributed by atoms with E-state index in [1.165, 1.54) is 17.6 Å². The summed E-state index contributed by atoms with van der Waals surface area (Å²) in [6.45, 7) is 2.34. The van der Waals surface area contributed by atoms with Crippen LogP contribution in [-0.2, 0) is 16.0 Å². The van der Waals surface area contributed by atoms with E-state index in [9.17, 15) is 4.79 Å². The number of carbonyl (C=O) groups is 1. The molecular formula is C16H19NO2S. The van der Waals surface area contributed by atoms with Crippen molar-refractivity contribution >= 4 is 17.3 Å². The van der Waals surface area contributed by atoms with Gasteiger partial charge in [0.25, 0.3) is 0 Å². The molecule has 0 aliphatic rings. The van der Waals surface area contributed by atoms with Gasteiger partial charge in [-0.15, -0.1) is 11.3 Å². The van der Waals surface area contributed by atoms with Gasteiger partial charge >= 0.3 is 5.97 Å². The van der Waals surface area contributed by atoms with Crippen LogP contribution in [0.2, 0.25) is 0 Å². The smallest absolute Gasteiger partial charge is 0.319 e. The van der Waals surface area contributed by atoms with E-state index in [1.54, 1.807) is 11.3 Å². The lowest BCUT2D eigenvalue weighted by Crippen LogP contribution is -2.28. The van der Waals surface area contributed by atoms with Gasteiger partial charge in [-0.2, -0.15) is 0 Å². The Hall–Kier alpha value is -1.65. The first-order valence-electron chi connectivity index (χ1n) is 6.67. The van der Waals surface area contributed by atoms with Gasteiger partial charge in [0.15, 0.2) is 0 Å². The van der Waals surface area contributed by atoms with E-state index in [1.807, 2.05) is 11.4 Å². The summed E-state index contributed by atoms with van der Waals surface area (Å²) >= 11 is 1.68. The predicted octanol–water partition coefficient (Wildman–Crippen LogP) is 3.16. The van der Waals surface area contributed by atoms with Gasteiger partial charge < -0.3 is 4.74 Å². The molecule has 0 radical (unpaired) electrons. The minimum atomic E-state index is -0.253. The summed E-state index contributed by atoms with van der Waals surface area (Å²) in [5.74, 6) is -0.253. The summed E-state index contributed by atoms with van der Waals surface area (Å²) in [6, 6.07) is 12.6. The predicted molar refractivity (Wildman–Crippen MR) is 82.0 cm³/mol. The van der Waals surface area contributed by atoms with E-state index in [0.29, 0.717) is 0 Å². The summed E-state index contributed by atoms with van der Waals surface area (Å²) < 4.78 is 4.69. The van der Waals surface area contributed by atoms with Crippen molar-refractivity contribution in [3.63, 3.8) is 0 Å². The molecule has 0 amide bonds. The van der Waals surface area contributed by atoms with E-state index in [-0.39, 0.29) is 18.6 Å². The Morgan fingerprint density at radius 3 is 2.60 bits per heavy atom. The first-order chi connectivity index (χ1) is 9.74. The first-order valence-corrected chi connectivity index (χ1v) is 7.55. The molecule has 0 fully saturated rings. The number of hydrogen-bond acceptors (Lipinski definition) is 4. The van der Waals surface area contributed by atoms with Gasteiger partial charge in [0.1, 0.15) is 0 Å². The average Bonchev–Trinajstić information content (AvgIpc) is 3.02. The number of hydrogen-bond donors (Lipinski definition) is 1. The van der Waals surface area contributed by atoms with Crippen LogP contribution in [-0.4, -0.2) is 19.6 Å². The van der Waals surface area contributed by atoms with E-state index in [2.05, 4.69) is 42.6 Å². The number of nitrogens with one attached hydrogen (secondary N) is 1. The number of esters is 1. The third kappa shape index (κ3) is 3.68. The van der Waals surface area contributed by atoms with Crippen molar-refractivity contribution in [2.24, 2.45) is 0 Å². The maximum absolute atomic E-state index is 11.3. The molecule has 0 saturated heterocycles. The Morgan fingerprint density at radius 1 is 1.30 bits per heavy atom. The van der Waals surface area contributed by atoms with Crippen molar-refractivity contribution in [2.45, 2.75) is 19.4 Å². The summed E-state index contributed by atoms with van der Waals surface area (Å²) in [4.78, 5) is 12.5. The minimum absolute atomic E-state index is 0.0278. The third-order valence-electron chi connectivity index (χ3n) is 3.23. The molecule has 1 N–H and O–H groups in total. The second kappa shape index (κ2) is 7.22. The quantitative estimate of drug-likeness (QED) is 0.830. The molecule has 1 heterocycles. The lowest BCUT2D eigenvalue weighted by atomic mass is 10.0. The highest BCUT2D eigenvalue weighted by atomic mass is 32.1. The van der Waals surface area contributed by atoms with E-state index in [4.69, 9.17) is 4.74 Å². The molecule has 1 unspecified atom stereocenters. The minimum Gasteiger partial charge on any atom is -0.468 e. The highest BCUT2D eigenvalue weighted by molar-refractivity contribution is 7.10. The van der Waals surface area contributed by atoms with Gasteiger partial charge in [-0.1, -0.05) is 37.3 Å². The zero-order chi connectivity index (χ0) is 14.4. The molecule has 106 valence electrons. The molecule has 1 aromatic carbocycles. The van der Waals surface area contributed by atoms with Crippen LogP contribution < -0.4 is 5.32 Å². The van der Waals surface area contributed by atoms with Crippen molar-refractivity contribution in [3.8, 4) is 0 Å². The van der Waals surface area contributed by atoms with Crippen LogP contribution in [0.3, 0.4) is 0 Å². The Bertz CT molecular complexity index is 534. The number of benzene rings is 1. The maximum atomic E-state index is 11.3. The molecule has 2 aromatic rings. The fourth-order valence-corrected chi connectivity index (χ4v) is 2.87. The molecule has 0 spiro atoms. The zero-order valence-corrected chi connectivity index (χ0v) is 12.6. The summed E-state index contributed by atoms with van der Waals surface area (Å²) in [5, 5.41) is 5.31. The molecule has 1 aromatic heterocycles. The van der Waals surface area contributed by atoms with Gasteiger partial charge in [-0.05, 0) is 29.0 Å². The molecule has 1 atom stereocenters. The molecular weight excluding hydrogens is 270 g/mol. The molecule has 0 bridgehead atoms. The SMILES string of the molecule is CCc1ccc(C(NCC(=O)OC)c2cccs2)cc1. The molecule has 3 nitrogen and oxygen atoms in total. The third-order valence-corrected chi connectivity index (χ3v) is 4.16. The number of thiophene rings is 1. The average molecular weight is 289 g/mol. The van der Waals surface area contributed by atoms with Crippen molar-refractivity contribution in [2.75, 3.05) is 13.7 Å². The topological polar surface area (TPSA) is 38.3 Å². The summed E-state index contributed by atoms with van der Waals surface area (Å²) in [6.07, 6.45) is 1.03.